The highest BCUT2D eigenvalue weighted by molar-refractivity contribution is 6.19. The average Bonchev–Trinajstić information content (AvgIpc) is 2.07. The van der Waals surface area contributed by atoms with Crippen LogP contribution in [0.25, 0.3) is 0 Å². The van der Waals surface area contributed by atoms with Crippen molar-refractivity contribution in [3.8, 4) is 0 Å². The summed E-state index contributed by atoms with van der Waals surface area (Å²) < 4.78 is 4.77. The van der Waals surface area contributed by atoms with E-state index in [1.807, 2.05) is 6.92 Å². The molecule has 0 saturated carbocycles. The van der Waals surface area contributed by atoms with Crippen LogP contribution < -0.4 is 0 Å². The van der Waals surface area contributed by atoms with E-state index in [2.05, 4.69) is 11.6 Å². The molecule has 3 heteroatoms. The number of hydrogen-bond acceptors (Lipinski definition) is 3. The number of aliphatic imine (C=N–C) groups is 1. The molecule has 0 N–H and O–H groups in total. The molecule has 0 aromatic rings. The van der Waals surface area contributed by atoms with Crippen molar-refractivity contribution >= 4 is 11.7 Å². The molecule has 0 spiro atoms. The Morgan fingerprint density at radius 3 is 2.42 bits per heavy atom. The van der Waals surface area contributed by atoms with E-state index >= 15 is 0 Å². The Labute approximate surface area is 73.1 Å². The van der Waals surface area contributed by atoms with Gasteiger partial charge in [0.25, 0.3) is 0 Å². The fourth-order valence-corrected chi connectivity index (χ4v) is 0.842. The fourth-order valence-electron chi connectivity index (χ4n) is 0.842. The largest absolute Gasteiger partial charge is 0.462 e. The van der Waals surface area contributed by atoms with Gasteiger partial charge in [0.15, 0.2) is 0 Å². The number of nitrogens with zero attached hydrogens (tertiary/aromatic N) is 1. The lowest BCUT2D eigenvalue weighted by molar-refractivity contribution is -0.137. The Balaban J connectivity index is 4.28. The van der Waals surface area contributed by atoms with Gasteiger partial charge in [0.1, 0.15) is 0 Å². The number of carbonyl (C=O) groups is 1. The molecule has 0 fully saturated rings. The van der Waals surface area contributed by atoms with Gasteiger partial charge in [-0.3, -0.25) is 4.99 Å². The van der Waals surface area contributed by atoms with Crippen LogP contribution in [0, 0.1) is 0 Å². The standard InChI is InChI=1S/C9H15NO2/c1-5-8(10-4)7(3)9(11)12-6-2/h3,5-6H2,1-2,4H3. The molecular weight excluding hydrogens is 154 g/mol. The second kappa shape index (κ2) is 5.52. The quantitative estimate of drug-likeness (QED) is 0.364. The Kier molecular flexibility index (Phi) is 5.00. The summed E-state index contributed by atoms with van der Waals surface area (Å²) >= 11 is 0. The van der Waals surface area contributed by atoms with Crippen LogP contribution in [-0.2, 0) is 9.53 Å². The van der Waals surface area contributed by atoms with Gasteiger partial charge in [-0.1, -0.05) is 13.5 Å². The molecule has 0 bridgehead atoms. The molecule has 0 radical (unpaired) electrons. The minimum Gasteiger partial charge on any atom is -0.462 e. The van der Waals surface area contributed by atoms with Crippen LogP contribution in [0.4, 0.5) is 0 Å². The van der Waals surface area contributed by atoms with Gasteiger partial charge in [-0.15, -0.1) is 0 Å². The highest BCUT2D eigenvalue weighted by atomic mass is 16.5. The Morgan fingerprint density at radius 1 is 1.50 bits per heavy atom. The minimum atomic E-state index is -0.375. The highest BCUT2D eigenvalue weighted by Gasteiger charge is 2.11. The summed E-state index contributed by atoms with van der Waals surface area (Å²) in [6, 6.07) is 0. The van der Waals surface area contributed by atoms with Gasteiger partial charge in [-0.05, 0) is 13.3 Å². The van der Waals surface area contributed by atoms with E-state index in [-0.39, 0.29) is 5.97 Å². The second-order valence-corrected chi connectivity index (χ2v) is 2.22. The summed E-state index contributed by atoms with van der Waals surface area (Å²) in [4.78, 5) is 15.0. The van der Waals surface area contributed by atoms with Crippen molar-refractivity contribution in [1.29, 1.82) is 0 Å². The van der Waals surface area contributed by atoms with E-state index in [9.17, 15) is 4.79 Å². The molecule has 3 nitrogen and oxygen atoms in total. The Morgan fingerprint density at radius 2 is 2.08 bits per heavy atom. The third-order valence-corrected chi connectivity index (χ3v) is 1.47. The molecule has 0 atom stereocenters. The lowest BCUT2D eigenvalue weighted by Gasteiger charge is -2.05. The number of rotatable bonds is 4. The maximum Gasteiger partial charge on any atom is 0.339 e. The predicted molar refractivity (Wildman–Crippen MR) is 49.4 cm³/mol. The van der Waals surface area contributed by atoms with Crippen molar-refractivity contribution in [1.82, 2.24) is 0 Å². The van der Waals surface area contributed by atoms with E-state index in [0.717, 1.165) is 0 Å². The zero-order valence-corrected chi connectivity index (χ0v) is 7.89. The molecule has 0 amide bonds. The Bertz CT molecular complexity index is 207. The molecule has 0 unspecified atom stereocenters. The zero-order chi connectivity index (χ0) is 9.56. The van der Waals surface area contributed by atoms with E-state index in [1.54, 1.807) is 14.0 Å². The van der Waals surface area contributed by atoms with E-state index in [0.29, 0.717) is 24.3 Å². The van der Waals surface area contributed by atoms with Gasteiger partial charge in [-0.25, -0.2) is 4.79 Å². The maximum atomic E-state index is 11.1. The van der Waals surface area contributed by atoms with Crippen molar-refractivity contribution in [3.63, 3.8) is 0 Å². The van der Waals surface area contributed by atoms with E-state index in [4.69, 9.17) is 4.74 Å². The normalized spacial score (nSPS) is 11.1. The minimum absolute atomic E-state index is 0.363. The number of carbonyl (C=O) groups excluding carboxylic acids is 1. The smallest absolute Gasteiger partial charge is 0.339 e. The molecule has 0 aromatic heterocycles. The molecule has 0 aliphatic heterocycles. The highest BCUT2D eigenvalue weighted by Crippen LogP contribution is 2.01. The summed E-state index contributed by atoms with van der Waals surface area (Å²) in [6.45, 7) is 7.67. The van der Waals surface area contributed by atoms with Crippen molar-refractivity contribution in [3.05, 3.63) is 12.2 Å². The first kappa shape index (κ1) is 10.9. The van der Waals surface area contributed by atoms with Gasteiger partial charge < -0.3 is 4.74 Å². The zero-order valence-electron chi connectivity index (χ0n) is 7.89. The van der Waals surface area contributed by atoms with Crippen LogP contribution in [0.2, 0.25) is 0 Å². The number of esters is 1. The lowest BCUT2D eigenvalue weighted by atomic mass is 10.1. The van der Waals surface area contributed by atoms with Crippen LogP contribution in [0.3, 0.4) is 0 Å². The molecule has 0 heterocycles. The van der Waals surface area contributed by atoms with Crippen LogP contribution >= 0.6 is 0 Å². The first-order chi connectivity index (χ1) is 5.67. The van der Waals surface area contributed by atoms with Crippen LogP contribution in [0.5, 0.6) is 0 Å². The molecule has 12 heavy (non-hydrogen) atoms. The van der Waals surface area contributed by atoms with Crippen molar-refractivity contribution in [2.24, 2.45) is 4.99 Å². The molecule has 0 aliphatic carbocycles. The van der Waals surface area contributed by atoms with Gasteiger partial charge in [0.2, 0.25) is 0 Å². The van der Waals surface area contributed by atoms with Crippen molar-refractivity contribution in [2.45, 2.75) is 20.3 Å². The maximum absolute atomic E-state index is 11.1. The molecule has 0 aliphatic rings. The van der Waals surface area contributed by atoms with Crippen LogP contribution in [-0.4, -0.2) is 25.3 Å². The van der Waals surface area contributed by atoms with E-state index < -0.39 is 0 Å². The van der Waals surface area contributed by atoms with Crippen molar-refractivity contribution in [2.75, 3.05) is 13.7 Å². The molecular formula is C9H15NO2. The summed E-state index contributed by atoms with van der Waals surface area (Å²) in [5, 5.41) is 0. The van der Waals surface area contributed by atoms with Crippen LogP contribution in [0.15, 0.2) is 17.1 Å². The van der Waals surface area contributed by atoms with Gasteiger partial charge in [0, 0.05) is 12.8 Å². The monoisotopic (exact) mass is 169 g/mol. The topological polar surface area (TPSA) is 38.7 Å². The van der Waals surface area contributed by atoms with Gasteiger partial charge in [0.05, 0.1) is 12.2 Å². The predicted octanol–water partition coefficient (Wildman–Crippen LogP) is 1.59. The number of ether oxygens (including phenoxy) is 1. The molecule has 68 valence electrons. The van der Waals surface area contributed by atoms with Crippen LogP contribution in [0.1, 0.15) is 20.3 Å². The first-order valence-corrected chi connectivity index (χ1v) is 3.99. The first-order valence-electron chi connectivity index (χ1n) is 3.99. The average molecular weight is 169 g/mol. The molecule has 0 aromatic carbocycles. The SMILES string of the molecule is C=C(C(=O)OCC)C(CC)=NC. The summed E-state index contributed by atoms with van der Waals surface area (Å²) in [6.07, 6.45) is 0.703. The second-order valence-electron chi connectivity index (χ2n) is 2.22. The number of hydrogen-bond donors (Lipinski definition) is 0. The molecule has 0 rings (SSSR count). The third kappa shape index (κ3) is 2.86. The lowest BCUT2D eigenvalue weighted by Crippen LogP contribution is -2.14. The van der Waals surface area contributed by atoms with Gasteiger partial charge >= 0.3 is 5.97 Å². The third-order valence-electron chi connectivity index (χ3n) is 1.47. The Hall–Kier alpha value is -1.12. The fraction of sp³-hybridized carbons (Fsp3) is 0.556. The van der Waals surface area contributed by atoms with Crippen molar-refractivity contribution < 1.29 is 9.53 Å². The molecule has 0 saturated heterocycles. The summed E-state index contributed by atoms with van der Waals surface area (Å²) in [5.41, 5.74) is 1.07. The summed E-state index contributed by atoms with van der Waals surface area (Å²) in [5.74, 6) is -0.375. The van der Waals surface area contributed by atoms with E-state index in [1.165, 1.54) is 0 Å². The summed E-state index contributed by atoms with van der Waals surface area (Å²) in [7, 11) is 1.64. The van der Waals surface area contributed by atoms with Gasteiger partial charge in [-0.2, -0.15) is 0 Å².